The fourth-order valence-corrected chi connectivity index (χ4v) is 1.67. The number of hydrogen-bond acceptors (Lipinski definition) is 5. The lowest BCUT2D eigenvalue weighted by Gasteiger charge is -2.08. The number of benzene rings is 2. The van der Waals surface area contributed by atoms with Gasteiger partial charge < -0.3 is 14.9 Å². The first-order valence-corrected chi connectivity index (χ1v) is 5.90. The van der Waals surface area contributed by atoms with Crippen molar-refractivity contribution in [3.8, 4) is 11.5 Å². The van der Waals surface area contributed by atoms with E-state index in [1.807, 2.05) is 0 Å². The molecule has 0 aliphatic heterocycles. The van der Waals surface area contributed by atoms with Crippen LogP contribution in [0.5, 0.6) is 11.5 Å². The van der Waals surface area contributed by atoms with Crippen LogP contribution in [0.2, 0.25) is 0 Å². The van der Waals surface area contributed by atoms with Gasteiger partial charge in [0.25, 0.3) is 0 Å². The molecule has 0 amide bonds. The summed E-state index contributed by atoms with van der Waals surface area (Å²) in [6, 6.07) is 9.47. The van der Waals surface area contributed by atoms with Crippen LogP contribution < -0.4 is 4.74 Å². The lowest BCUT2D eigenvalue weighted by atomic mass is 10.2. The number of carboxylic acid groups (broad SMARTS) is 1. The molecular weight excluding hydrogens is 278 g/mol. The Kier molecular flexibility index (Phi) is 4.03. The van der Waals surface area contributed by atoms with Gasteiger partial charge in [-0.3, -0.25) is 10.1 Å². The molecule has 108 valence electrons. The molecule has 0 spiro atoms. The van der Waals surface area contributed by atoms with Crippen molar-refractivity contribution in [1.29, 1.82) is 0 Å². The number of rotatable bonds is 5. The molecular formula is C14H11NO6. The molecule has 2 N–H and O–H groups in total. The number of nitro groups is 1. The maximum atomic E-state index is 10.9. The average Bonchev–Trinajstić information content (AvgIpc) is 2.46. The van der Waals surface area contributed by atoms with Crippen LogP contribution in [0.3, 0.4) is 0 Å². The van der Waals surface area contributed by atoms with Gasteiger partial charge in [-0.2, -0.15) is 0 Å². The van der Waals surface area contributed by atoms with E-state index in [1.54, 1.807) is 12.1 Å². The Morgan fingerprint density at radius 3 is 2.43 bits per heavy atom. The molecule has 0 aliphatic rings. The number of nitro benzene ring substituents is 1. The second-order valence-corrected chi connectivity index (χ2v) is 4.20. The Hall–Kier alpha value is -3.09. The summed E-state index contributed by atoms with van der Waals surface area (Å²) in [5, 5.41) is 29.0. The number of aromatic carboxylic acids is 1. The van der Waals surface area contributed by atoms with E-state index >= 15 is 0 Å². The largest absolute Gasteiger partial charge is 0.508 e. The van der Waals surface area contributed by atoms with Gasteiger partial charge in [-0.25, -0.2) is 4.79 Å². The van der Waals surface area contributed by atoms with E-state index in [0.717, 1.165) is 18.2 Å². The predicted octanol–water partition coefficient (Wildman–Crippen LogP) is 2.58. The lowest BCUT2D eigenvalue weighted by Crippen LogP contribution is -2.02. The van der Waals surface area contributed by atoms with Crippen LogP contribution in [0.1, 0.15) is 15.9 Å². The first kappa shape index (κ1) is 14.3. The first-order chi connectivity index (χ1) is 9.97. The van der Waals surface area contributed by atoms with Crippen molar-refractivity contribution in [2.24, 2.45) is 0 Å². The number of aromatic hydroxyl groups is 1. The summed E-state index contributed by atoms with van der Waals surface area (Å²) < 4.78 is 5.33. The zero-order chi connectivity index (χ0) is 15.4. The lowest BCUT2D eigenvalue weighted by molar-refractivity contribution is -0.385. The van der Waals surface area contributed by atoms with Crippen molar-refractivity contribution in [3.63, 3.8) is 0 Å². The van der Waals surface area contributed by atoms with Gasteiger partial charge in [-0.1, -0.05) is 12.1 Å². The Morgan fingerprint density at radius 1 is 1.19 bits per heavy atom. The van der Waals surface area contributed by atoms with E-state index in [9.17, 15) is 14.9 Å². The highest BCUT2D eigenvalue weighted by atomic mass is 16.6. The summed E-state index contributed by atoms with van der Waals surface area (Å²) >= 11 is 0. The molecule has 7 heteroatoms. The van der Waals surface area contributed by atoms with Crippen LogP contribution in [0.25, 0.3) is 0 Å². The SMILES string of the molecule is O=C(O)c1ccc([N+](=O)[O-])c(OCc2ccc(O)cc2)c1. The highest BCUT2D eigenvalue weighted by molar-refractivity contribution is 5.88. The second kappa shape index (κ2) is 5.91. The maximum Gasteiger partial charge on any atom is 0.335 e. The van der Waals surface area contributed by atoms with Gasteiger partial charge >= 0.3 is 11.7 Å². The zero-order valence-electron chi connectivity index (χ0n) is 10.7. The van der Waals surface area contributed by atoms with Crippen molar-refractivity contribution in [2.75, 3.05) is 0 Å². The molecule has 0 aromatic heterocycles. The van der Waals surface area contributed by atoms with Crippen LogP contribution in [0.15, 0.2) is 42.5 Å². The summed E-state index contributed by atoms with van der Waals surface area (Å²) in [6.07, 6.45) is 0. The Balaban J connectivity index is 2.24. The van der Waals surface area contributed by atoms with E-state index in [2.05, 4.69) is 0 Å². The quantitative estimate of drug-likeness (QED) is 0.646. The van der Waals surface area contributed by atoms with Gasteiger partial charge in [-0.15, -0.1) is 0 Å². The third-order valence-electron chi connectivity index (χ3n) is 2.73. The monoisotopic (exact) mass is 289 g/mol. The van der Waals surface area contributed by atoms with Gasteiger partial charge in [0.05, 0.1) is 10.5 Å². The number of nitrogens with zero attached hydrogens (tertiary/aromatic N) is 1. The molecule has 21 heavy (non-hydrogen) atoms. The molecule has 2 aromatic carbocycles. The number of phenols is 1. The fraction of sp³-hybridized carbons (Fsp3) is 0.0714. The third-order valence-corrected chi connectivity index (χ3v) is 2.73. The minimum absolute atomic E-state index is 0.0180. The molecule has 0 heterocycles. The van der Waals surface area contributed by atoms with Gasteiger partial charge in [0, 0.05) is 12.1 Å². The van der Waals surface area contributed by atoms with E-state index in [4.69, 9.17) is 14.9 Å². The predicted molar refractivity (Wildman–Crippen MR) is 72.5 cm³/mol. The summed E-state index contributed by atoms with van der Waals surface area (Å²) in [4.78, 5) is 21.2. The molecule has 0 radical (unpaired) electrons. The highest BCUT2D eigenvalue weighted by Gasteiger charge is 2.18. The molecule has 0 fully saturated rings. The normalized spacial score (nSPS) is 10.1. The summed E-state index contributed by atoms with van der Waals surface area (Å²) in [6.45, 7) is 0.0180. The fourth-order valence-electron chi connectivity index (χ4n) is 1.67. The molecule has 0 atom stereocenters. The minimum atomic E-state index is -1.20. The molecule has 0 unspecified atom stereocenters. The smallest absolute Gasteiger partial charge is 0.335 e. The Morgan fingerprint density at radius 2 is 1.86 bits per heavy atom. The highest BCUT2D eigenvalue weighted by Crippen LogP contribution is 2.29. The van der Waals surface area contributed by atoms with Crippen LogP contribution in [0, 0.1) is 10.1 Å². The van der Waals surface area contributed by atoms with E-state index in [1.165, 1.54) is 12.1 Å². The Bertz CT molecular complexity index is 680. The summed E-state index contributed by atoms with van der Waals surface area (Å²) in [5.74, 6) is -1.22. The zero-order valence-corrected chi connectivity index (χ0v) is 10.7. The molecule has 0 saturated carbocycles. The third kappa shape index (κ3) is 3.47. The van der Waals surface area contributed by atoms with Crippen LogP contribution in [-0.4, -0.2) is 21.1 Å². The van der Waals surface area contributed by atoms with Crippen molar-refractivity contribution in [1.82, 2.24) is 0 Å². The van der Waals surface area contributed by atoms with Gasteiger partial charge in [-0.05, 0) is 23.8 Å². The van der Waals surface area contributed by atoms with Gasteiger partial charge in [0.15, 0.2) is 5.75 Å². The van der Waals surface area contributed by atoms with Crippen molar-refractivity contribution >= 4 is 11.7 Å². The first-order valence-electron chi connectivity index (χ1n) is 5.90. The minimum Gasteiger partial charge on any atom is -0.508 e. The standard InChI is InChI=1S/C14H11NO6/c16-11-4-1-9(2-5-11)8-21-13-7-10(14(17)18)3-6-12(13)15(19)20/h1-7,16H,8H2,(H,17,18). The van der Waals surface area contributed by atoms with Crippen molar-refractivity contribution in [3.05, 3.63) is 63.7 Å². The van der Waals surface area contributed by atoms with Crippen LogP contribution in [0.4, 0.5) is 5.69 Å². The van der Waals surface area contributed by atoms with Crippen LogP contribution >= 0.6 is 0 Å². The van der Waals surface area contributed by atoms with E-state index in [-0.39, 0.29) is 29.4 Å². The van der Waals surface area contributed by atoms with Crippen molar-refractivity contribution in [2.45, 2.75) is 6.61 Å². The van der Waals surface area contributed by atoms with Crippen molar-refractivity contribution < 1.29 is 24.7 Å². The molecule has 2 rings (SSSR count). The van der Waals surface area contributed by atoms with Gasteiger partial charge in [0.1, 0.15) is 12.4 Å². The second-order valence-electron chi connectivity index (χ2n) is 4.20. The molecule has 0 saturated heterocycles. The van der Waals surface area contributed by atoms with E-state index < -0.39 is 10.9 Å². The number of phenolic OH excluding ortho intramolecular Hbond substituents is 1. The number of carbonyl (C=O) groups is 1. The topological polar surface area (TPSA) is 110 Å². The number of carboxylic acids is 1. The molecule has 0 bridgehead atoms. The number of ether oxygens (including phenoxy) is 1. The molecule has 2 aromatic rings. The van der Waals surface area contributed by atoms with Gasteiger partial charge in [0.2, 0.25) is 0 Å². The summed E-state index contributed by atoms with van der Waals surface area (Å²) in [5.41, 5.74) is 0.280. The number of hydrogen-bond donors (Lipinski definition) is 2. The average molecular weight is 289 g/mol. The Labute approximate surface area is 119 Å². The maximum absolute atomic E-state index is 10.9. The van der Waals surface area contributed by atoms with Crippen LogP contribution in [-0.2, 0) is 6.61 Å². The van der Waals surface area contributed by atoms with E-state index in [0.29, 0.717) is 5.56 Å². The molecule has 7 nitrogen and oxygen atoms in total. The summed E-state index contributed by atoms with van der Waals surface area (Å²) in [7, 11) is 0. The molecule has 0 aliphatic carbocycles.